The lowest BCUT2D eigenvalue weighted by atomic mass is 10.1. The molecule has 0 atom stereocenters. The Bertz CT molecular complexity index is 672. The number of carbonyl (C=O) groups excluding carboxylic acids is 3. The van der Waals surface area contributed by atoms with Gasteiger partial charge in [-0.1, -0.05) is 18.2 Å². The van der Waals surface area contributed by atoms with Gasteiger partial charge < -0.3 is 9.80 Å². The molecular formula is C17H20N4O3. The van der Waals surface area contributed by atoms with Gasteiger partial charge in [-0.2, -0.15) is 5.10 Å². The molecule has 0 unspecified atom stereocenters. The molecule has 0 bridgehead atoms. The number of hydrogen-bond donors (Lipinski definition) is 1. The summed E-state index contributed by atoms with van der Waals surface area (Å²) in [6.07, 6.45) is 1.38. The van der Waals surface area contributed by atoms with Crippen molar-refractivity contribution in [2.24, 2.45) is 5.10 Å². The molecule has 7 heteroatoms. The first-order chi connectivity index (χ1) is 11.6. The molecule has 7 nitrogen and oxygen atoms in total. The summed E-state index contributed by atoms with van der Waals surface area (Å²) in [6, 6.07) is 9.17. The van der Waals surface area contributed by atoms with Gasteiger partial charge in [0.2, 0.25) is 5.91 Å². The van der Waals surface area contributed by atoms with E-state index >= 15 is 0 Å². The second-order valence-corrected chi connectivity index (χ2v) is 5.90. The number of hydrazone groups is 1. The first-order valence-electron chi connectivity index (χ1n) is 8.14. The average molecular weight is 328 g/mol. The molecule has 126 valence electrons. The van der Waals surface area contributed by atoms with Gasteiger partial charge in [-0.3, -0.25) is 14.4 Å². The van der Waals surface area contributed by atoms with Crippen molar-refractivity contribution in [3.8, 4) is 0 Å². The molecule has 1 aromatic rings. The molecule has 24 heavy (non-hydrogen) atoms. The molecule has 3 amide bonds. The first kappa shape index (κ1) is 16.2. The quantitative estimate of drug-likeness (QED) is 0.864. The van der Waals surface area contributed by atoms with Crippen LogP contribution in [0.3, 0.4) is 0 Å². The summed E-state index contributed by atoms with van der Waals surface area (Å²) in [7, 11) is 0. The normalized spacial score (nSPS) is 18.5. The Balaban J connectivity index is 1.62. The fraction of sp³-hybridized carbons (Fsp3) is 0.412. The molecular weight excluding hydrogens is 308 g/mol. The maximum atomic E-state index is 12.5. The molecule has 1 saturated heterocycles. The Morgan fingerprint density at radius 2 is 1.58 bits per heavy atom. The molecule has 2 aliphatic rings. The molecule has 2 heterocycles. The SMILES string of the molecule is O=C1CCC(C(=O)N2CCCN(C(=O)c3ccccc3)CC2)=NN1. The topological polar surface area (TPSA) is 82.1 Å². The largest absolute Gasteiger partial charge is 0.337 e. The van der Waals surface area contributed by atoms with E-state index < -0.39 is 0 Å². The molecule has 0 aromatic heterocycles. The van der Waals surface area contributed by atoms with Gasteiger partial charge in [0.15, 0.2) is 0 Å². The predicted molar refractivity (Wildman–Crippen MR) is 88.4 cm³/mol. The number of carbonyl (C=O) groups is 3. The van der Waals surface area contributed by atoms with Gasteiger partial charge in [-0.05, 0) is 18.6 Å². The van der Waals surface area contributed by atoms with Crippen molar-refractivity contribution in [2.45, 2.75) is 19.3 Å². The van der Waals surface area contributed by atoms with Crippen molar-refractivity contribution >= 4 is 23.4 Å². The van der Waals surface area contributed by atoms with Crippen LogP contribution in [-0.4, -0.2) is 59.4 Å². The Kier molecular flexibility index (Phi) is 4.88. The Labute approximate surface area is 140 Å². The third-order valence-electron chi connectivity index (χ3n) is 4.24. The van der Waals surface area contributed by atoms with Gasteiger partial charge in [0, 0.05) is 44.6 Å². The van der Waals surface area contributed by atoms with E-state index in [0.29, 0.717) is 43.9 Å². The zero-order valence-corrected chi connectivity index (χ0v) is 13.4. The van der Waals surface area contributed by atoms with Crippen LogP contribution in [0.1, 0.15) is 29.6 Å². The average Bonchev–Trinajstić information content (AvgIpc) is 2.88. The monoisotopic (exact) mass is 328 g/mol. The van der Waals surface area contributed by atoms with Crippen LogP contribution in [0.15, 0.2) is 35.4 Å². The Hall–Kier alpha value is -2.70. The molecule has 1 N–H and O–H groups in total. The highest BCUT2D eigenvalue weighted by atomic mass is 16.2. The fourth-order valence-corrected chi connectivity index (χ4v) is 2.90. The van der Waals surface area contributed by atoms with Crippen molar-refractivity contribution in [2.75, 3.05) is 26.2 Å². The van der Waals surface area contributed by atoms with Gasteiger partial charge in [0.05, 0.1) is 0 Å². The minimum atomic E-state index is -0.165. The highest BCUT2D eigenvalue weighted by Crippen LogP contribution is 2.11. The molecule has 3 rings (SSSR count). The lowest BCUT2D eigenvalue weighted by Gasteiger charge is -2.23. The van der Waals surface area contributed by atoms with Crippen molar-refractivity contribution in [3.63, 3.8) is 0 Å². The van der Waals surface area contributed by atoms with Gasteiger partial charge in [-0.15, -0.1) is 0 Å². The molecule has 0 saturated carbocycles. The summed E-state index contributed by atoms with van der Waals surface area (Å²) < 4.78 is 0. The van der Waals surface area contributed by atoms with Crippen LogP contribution < -0.4 is 5.43 Å². The lowest BCUT2D eigenvalue weighted by Crippen LogP contribution is -2.42. The number of benzene rings is 1. The summed E-state index contributed by atoms with van der Waals surface area (Å²) in [6.45, 7) is 2.19. The minimum Gasteiger partial charge on any atom is -0.337 e. The predicted octanol–water partition coefficient (Wildman–Crippen LogP) is 0.627. The number of rotatable bonds is 2. The van der Waals surface area contributed by atoms with Gasteiger partial charge in [0.1, 0.15) is 5.71 Å². The van der Waals surface area contributed by atoms with Gasteiger partial charge >= 0.3 is 0 Å². The maximum Gasteiger partial charge on any atom is 0.270 e. The number of nitrogens with zero attached hydrogens (tertiary/aromatic N) is 3. The number of nitrogens with one attached hydrogen (secondary N) is 1. The lowest BCUT2D eigenvalue weighted by molar-refractivity contribution is -0.124. The van der Waals surface area contributed by atoms with E-state index in [9.17, 15) is 14.4 Å². The van der Waals surface area contributed by atoms with Crippen LogP contribution in [-0.2, 0) is 9.59 Å². The van der Waals surface area contributed by atoms with Crippen molar-refractivity contribution in [3.05, 3.63) is 35.9 Å². The standard InChI is InChI=1S/C17H20N4O3/c22-15-8-7-14(18-19-15)17(24)21-10-4-9-20(11-12-21)16(23)13-5-2-1-3-6-13/h1-3,5-6H,4,7-12H2,(H,19,22). The van der Waals surface area contributed by atoms with E-state index in [1.165, 1.54) is 0 Å². The van der Waals surface area contributed by atoms with E-state index in [2.05, 4.69) is 10.5 Å². The van der Waals surface area contributed by atoms with Crippen molar-refractivity contribution < 1.29 is 14.4 Å². The smallest absolute Gasteiger partial charge is 0.270 e. The summed E-state index contributed by atoms with van der Waals surface area (Å²) in [5, 5.41) is 3.86. The fourth-order valence-electron chi connectivity index (χ4n) is 2.90. The summed E-state index contributed by atoms with van der Waals surface area (Å²) in [4.78, 5) is 39.6. The highest BCUT2D eigenvalue weighted by Gasteiger charge is 2.27. The Morgan fingerprint density at radius 3 is 2.21 bits per heavy atom. The van der Waals surface area contributed by atoms with Crippen LogP contribution in [0, 0.1) is 0 Å². The molecule has 2 aliphatic heterocycles. The van der Waals surface area contributed by atoms with Crippen LogP contribution in [0.4, 0.5) is 0 Å². The van der Waals surface area contributed by atoms with E-state index in [1.54, 1.807) is 21.9 Å². The van der Waals surface area contributed by atoms with Crippen LogP contribution in [0.25, 0.3) is 0 Å². The molecule has 0 aliphatic carbocycles. The van der Waals surface area contributed by atoms with Gasteiger partial charge in [0.25, 0.3) is 11.8 Å². The first-order valence-corrected chi connectivity index (χ1v) is 8.14. The number of hydrogen-bond acceptors (Lipinski definition) is 4. The second kappa shape index (κ2) is 7.25. The van der Waals surface area contributed by atoms with Crippen LogP contribution in [0.2, 0.25) is 0 Å². The summed E-state index contributed by atoms with van der Waals surface area (Å²) in [5.74, 6) is -0.321. The van der Waals surface area contributed by atoms with Gasteiger partial charge in [-0.25, -0.2) is 5.43 Å². The third-order valence-corrected chi connectivity index (χ3v) is 4.24. The highest BCUT2D eigenvalue weighted by molar-refractivity contribution is 6.39. The third kappa shape index (κ3) is 3.61. The van der Waals surface area contributed by atoms with Crippen molar-refractivity contribution in [1.29, 1.82) is 0 Å². The van der Waals surface area contributed by atoms with E-state index in [1.807, 2.05) is 18.2 Å². The molecule has 0 radical (unpaired) electrons. The number of amides is 3. The van der Waals surface area contributed by atoms with E-state index in [-0.39, 0.29) is 24.1 Å². The van der Waals surface area contributed by atoms with Crippen molar-refractivity contribution in [1.82, 2.24) is 15.2 Å². The summed E-state index contributed by atoms with van der Waals surface area (Å²) >= 11 is 0. The second-order valence-electron chi connectivity index (χ2n) is 5.90. The molecule has 1 fully saturated rings. The van der Waals surface area contributed by atoms with E-state index in [0.717, 1.165) is 6.42 Å². The summed E-state index contributed by atoms with van der Waals surface area (Å²) in [5.41, 5.74) is 3.40. The van der Waals surface area contributed by atoms with Crippen LogP contribution in [0.5, 0.6) is 0 Å². The Morgan fingerprint density at radius 1 is 0.917 bits per heavy atom. The van der Waals surface area contributed by atoms with E-state index in [4.69, 9.17) is 0 Å². The maximum absolute atomic E-state index is 12.5. The molecule has 0 spiro atoms. The van der Waals surface area contributed by atoms with Crippen LogP contribution >= 0.6 is 0 Å². The molecule has 1 aromatic carbocycles. The zero-order chi connectivity index (χ0) is 16.9. The minimum absolute atomic E-state index is 0.00725. The zero-order valence-electron chi connectivity index (χ0n) is 13.4.